The van der Waals surface area contributed by atoms with Gasteiger partial charge in [0, 0.05) is 5.41 Å². The van der Waals surface area contributed by atoms with Crippen LogP contribution in [0.2, 0.25) is 0 Å². The van der Waals surface area contributed by atoms with Gasteiger partial charge >= 0.3 is 0 Å². The second-order valence-corrected chi connectivity index (χ2v) is 6.32. The fraction of sp³-hybridized carbons (Fsp3) is 0.500. The number of ketones is 1. The predicted molar refractivity (Wildman–Crippen MR) is 63.8 cm³/mol. The summed E-state index contributed by atoms with van der Waals surface area (Å²) in [5, 5.41) is 0. The zero-order valence-electron chi connectivity index (χ0n) is 8.34. The Kier molecular flexibility index (Phi) is 3.86. The lowest BCUT2D eigenvalue weighted by molar-refractivity contribution is 0.0834. The van der Waals surface area contributed by atoms with Gasteiger partial charge in [-0.15, -0.1) is 11.3 Å². The van der Waals surface area contributed by atoms with Gasteiger partial charge in [0.15, 0.2) is 5.78 Å². The molecule has 1 aromatic heterocycles. The summed E-state index contributed by atoms with van der Waals surface area (Å²) < 4.78 is 0.990. The summed E-state index contributed by atoms with van der Waals surface area (Å²) in [4.78, 5) is 12.8. The van der Waals surface area contributed by atoms with Crippen molar-refractivity contribution in [1.82, 2.24) is 0 Å². The molecule has 0 aromatic carbocycles. The topological polar surface area (TPSA) is 43.1 Å². The first-order chi connectivity index (χ1) is 6.47. The van der Waals surface area contributed by atoms with E-state index in [0.717, 1.165) is 15.1 Å². The molecule has 0 aliphatic carbocycles. The minimum Gasteiger partial charge on any atom is -0.330 e. The third kappa shape index (κ3) is 2.65. The summed E-state index contributed by atoms with van der Waals surface area (Å²) in [6.45, 7) is 4.43. The highest BCUT2D eigenvalue weighted by Gasteiger charge is 2.28. The number of nitrogens with two attached hydrogens (primary N) is 1. The standard InChI is InChI=1S/C10H14BrNOS/c1-10(2,5-6-12)9(13)7-3-4-8(11)14-7/h3-4H,5-6,12H2,1-2H3. The van der Waals surface area contributed by atoms with Crippen molar-refractivity contribution in [3.63, 3.8) is 0 Å². The summed E-state index contributed by atoms with van der Waals surface area (Å²) >= 11 is 4.82. The number of carbonyl (C=O) groups excluding carboxylic acids is 1. The number of rotatable bonds is 4. The molecule has 0 fully saturated rings. The summed E-state index contributed by atoms with van der Waals surface area (Å²) in [5.41, 5.74) is 5.13. The first kappa shape index (κ1) is 11.9. The van der Waals surface area contributed by atoms with Gasteiger partial charge in [0.05, 0.1) is 8.66 Å². The van der Waals surface area contributed by atoms with Crippen LogP contribution in [-0.4, -0.2) is 12.3 Å². The lowest BCUT2D eigenvalue weighted by atomic mass is 9.84. The Morgan fingerprint density at radius 3 is 2.64 bits per heavy atom. The molecule has 0 atom stereocenters. The van der Waals surface area contributed by atoms with Crippen molar-refractivity contribution in [3.05, 3.63) is 20.8 Å². The first-order valence-corrected chi connectivity index (χ1v) is 6.08. The Bertz CT molecular complexity index is 333. The second-order valence-electron chi connectivity index (χ2n) is 3.86. The first-order valence-electron chi connectivity index (χ1n) is 4.47. The Hall–Kier alpha value is -0.190. The van der Waals surface area contributed by atoms with E-state index in [1.54, 1.807) is 0 Å². The molecule has 1 aromatic rings. The normalized spacial score (nSPS) is 11.7. The highest BCUT2D eigenvalue weighted by atomic mass is 79.9. The van der Waals surface area contributed by atoms with Crippen LogP contribution in [0.25, 0.3) is 0 Å². The van der Waals surface area contributed by atoms with Gasteiger partial charge < -0.3 is 5.73 Å². The molecule has 1 heterocycles. The molecule has 0 bridgehead atoms. The molecule has 1 rings (SSSR count). The molecule has 4 heteroatoms. The van der Waals surface area contributed by atoms with E-state index in [1.807, 2.05) is 26.0 Å². The molecule has 0 spiro atoms. The van der Waals surface area contributed by atoms with Crippen molar-refractivity contribution < 1.29 is 4.79 Å². The van der Waals surface area contributed by atoms with Crippen molar-refractivity contribution in [2.24, 2.45) is 11.1 Å². The minimum absolute atomic E-state index is 0.179. The average Bonchev–Trinajstić information content (AvgIpc) is 2.50. The van der Waals surface area contributed by atoms with E-state index >= 15 is 0 Å². The number of carbonyl (C=O) groups is 1. The molecule has 2 nitrogen and oxygen atoms in total. The van der Waals surface area contributed by atoms with Crippen molar-refractivity contribution in [1.29, 1.82) is 0 Å². The summed E-state index contributed by atoms with van der Waals surface area (Å²) in [5.74, 6) is 0.179. The zero-order valence-corrected chi connectivity index (χ0v) is 10.7. The molecule has 0 aliphatic heterocycles. The molecule has 2 N–H and O–H groups in total. The van der Waals surface area contributed by atoms with Crippen LogP contribution in [0.1, 0.15) is 29.9 Å². The van der Waals surface area contributed by atoms with E-state index in [-0.39, 0.29) is 11.2 Å². The van der Waals surface area contributed by atoms with E-state index in [1.165, 1.54) is 11.3 Å². The van der Waals surface area contributed by atoms with Crippen LogP contribution in [0, 0.1) is 5.41 Å². The molecule has 0 radical (unpaired) electrons. The van der Waals surface area contributed by atoms with Gasteiger partial charge in [0.2, 0.25) is 0 Å². The quantitative estimate of drug-likeness (QED) is 0.859. The summed E-state index contributed by atoms with van der Waals surface area (Å²) in [6, 6.07) is 3.76. The van der Waals surface area contributed by atoms with Gasteiger partial charge in [-0.05, 0) is 41.0 Å². The Morgan fingerprint density at radius 2 is 2.21 bits per heavy atom. The summed E-state index contributed by atoms with van der Waals surface area (Å²) in [6.07, 6.45) is 0.724. The SMILES string of the molecule is CC(C)(CCN)C(=O)c1ccc(Br)s1. The molecule has 0 amide bonds. The Balaban J connectivity index is 2.84. The van der Waals surface area contributed by atoms with Gasteiger partial charge in [-0.25, -0.2) is 0 Å². The van der Waals surface area contributed by atoms with Crippen LogP contribution in [-0.2, 0) is 0 Å². The molecule has 0 saturated heterocycles. The minimum atomic E-state index is -0.348. The maximum atomic E-state index is 12.0. The van der Waals surface area contributed by atoms with Crippen LogP contribution in [0.5, 0.6) is 0 Å². The largest absolute Gasteiger partial charge is 0.330 e. The number of thiophene rings is 1. The second kappa shape index (κ2) is 4.55. The van der Waals surface area contributed by atoms with E-state index < -0.39 is 0 Å². The van der Waals surface area contributed by atoms with Crippen LogP contribution in [0.15, 0.2) is 15.9 Å². The van der Waals surface area contributed by atoms with E-state index in [0.29, 0.717) is 6.54 Å². The Labute approximate surface area is 96.6 Å². The Morgan fingerprint density at radius 1 is 1.57 bits per heavy atom. The highest BCUT2D eigenvalue weighted by Crippen LogP contribution is 2.30. The van der Waals surface area contributed by atoms with E-state index in [9.17, 15) is 4.79 Å². The molecular formula is C10H14BrNOS. The average molecular weight is 276 g/mol. The van der Waals surface area contributed by atoms with Crippen molar-refractivity contribution in [2.75, 3.05) is 6.54 Å². The summed E-state index contributed by atoms with van der Waals surface area (Å²) in [7, 11) is 0. The number of Topliss-reactive ketones (excluding diaryl/α,β-unsaturated/α-hetero) is 1. The van der Waals surface area contributed by atoms with E-state index in [4.69, 9.17) is 5.73 Å². The fourth-order valence-corrected chi connectivity index (χ4v) is 2.75. The fourth-order valence-electron chi connectivity index (χ4n) is 1.24. The monoisotopic (exact) mass is 275 g/mol. The van der Waals surface area contributed by atoms with Gasteiger partial charge in [-0.3, -0.25) is 4.79 Å². The third-order valence-electron chi connectivity index (χ3n) is 2.18. The smallest absolute Gasteiger partial charge is 0.178 e. The van der Waals surface area contributed by atoms with Crippen LogP contribution in [0.4, 0.5) is 0 Å². The molecular weight excluding hydrogens is 262 g/mol. The molecule has 0 saturated carbocycles. The van der Waals surface area contributed by atoms with Crippen LogP contribution >= 0.6 is 27.3 Å². The number of hydrogen-bond donors (Lipinski definition) is 1. The maximum Gasteiger partial charge on any atom is 0.178 e. The van der Waals surface area contributed by atoms with E-state index in [2.05, 4.69) is 15.9 Å². The van der Waals surface area contributed by atoms with Crippen molar-refractivity contribution in [3.8, 4) is 0 Å². The lowest BCUT2D eigenvalue weighted by Gasteiger charge is -2.20. The van der Waals surface area contributed by atoms with Gasteiger partial charge in [-0.1, -0.05) is 13.8 Å². The van der Waals surface area contributed by atoms with Crippen LogP contribution in [0.3, 0.4) is 0 Å². The van der Waals surface area contributed by atoms with Crippen molar-refractivity contribution in [2.45, 2.75) is 20.3 Å². The van der Waals surface area contributed by atoms with Gasteiger partial charge in [0.1, 0.15) is 0 Å². The number of hydrogen-bond acceptors (Lipinski definition) is 3. The lowest BCUT2D eigenvalue weighted by Crippen LogP contribution is -2.26. The van der Waals surface area contributed by atoms with Crippen LogP contribution < -0.4 is 5.73 Å². The molecule has 0 aliphatic rings. The predicted octanol–water partition coefficient (Wildman–Crippen LogP) is 3.07. The molecule has 14 heavy (non-hydrogen) atoms. The number of halogens is 1. The molecule has 0 unspecified atom stereocenters. The maximum absolute atomic E-state index is 12.0. The van der Waals surface area contributed by atoms with Gasteiger partial charge in [0.25, 0.3) is 0 Å². The molecule has 78 valence electrons. The zero-order chi connectivity index (χ0) is 10.8. The third-order valence-corrected chi connectivity index (χ3v) is 3.80. The van der Waals surface area contributed by atoms with Gasteiger partial charge in [-0.2, -0.15) is 0 Å². The van der Waals surface area contributed by atoms with Crippen molar-refractivity contribution >= 4 is 33.0 Å². The highest BCUT2D eigenvalue weighted by molar-refractivity contribution is 9.11.